The number of nitrogens with zero attached hydrogens (tertiary/aromatic N) is 6. The van der Waals surface area contributed by atoms with Crippen LogP contribution in [-0.4, -0.2) is 48.5 Å². The zero-order valence-corrected chi connectivity index (χ0v) is 11.0. The Morgan fingerprint density at radius 3 is 3.10 bits per heavy atom. The molecule has 0 spiro atoms. The molecule has 0 atom stereocenters. The van der Waals surface area contributed by atoms with Crippen LogP contribution in [0.4, 0.5) is 11.8 Å². The van der Waals surface area contributed by atoms with E-state index < -0.39 is 0 Å². The van der Waals surface area contributed by atoms with Crippen LogP contribution in [0.15, 0.2) is 18.7 Å². The summed E-state index contributed by atoms with van der Waals surface area (Å²) in [6.07, 6.45) is 6.04. The summed E-state index contributed by atoms with van der Waals surface area (Å²) >= 11 is 0. The molecule has 0 radical (unpaired) electrons. The number of fused-ring (bicyclic) bond motifs is 1. The number of hydrogen-bond acceptors (Lipinski definition) is 7. The van der Waals surface area contributed by atoms with Crippen LogP contribution < -0.4 is 10.6 Å². The molecule has 0 bridgehead atoms. The van der Waals surface area contributed by atoms with Crippen molar-refractivity contribution in [1.82, 2.24) is 34.9 Å². The van der Waals surface area contributed by atoms with Gasteiger partial charge in [-0.3, -0.25) is 4.68 Å². The van der Waals surface area contributed by atoms with E-state index in [1.165, 1.54) is 0 Å². The molecule has 0 saturated heterocycles. The van der Waals surface area contributed by atoms with E-state index in [1.807, 2.05) is 6.20 Å². The van der Waals surface area contributed by atoms with Crippen molar-refractivity contribution < 1.29 is 0 Å². The van der Waals surface area contributed by atoms with Crippen molar-refractivity contribution in [3.8, 4) is 0 Å². The van der Waals surface area contributed by atoms with E-state index in [4.69, 9.17) is 0 Å². The van der Waals surface area contributed by atoms with Gasteiger partial charge in [0.1, 0.15) is 5.52 Å². The van der Waals surface area contributed by atoms with Crippen molar-refractivity contribution in [2.24, 2.45) is 0 Å². The van der Waals surface area contributed by atoms with Gasteiger partial charge in [0.25, 0.3) is 0 Å². The number of rotatable bonds is 6. The number of aromatic amines is 1. The number of aryl methyl sites for hydroxylation is 1. The Kier molecular flexibility index (Phi) is 3.40. The Morgan fingerprint density at radius 1 is 1.35 bits per heavy atom. The standard InChI is InChI=1S/C11H15N9/c1-12-11-17-9(8-10(18-11)15-7-14-8)13-3-2-5-20-6-4-16-19-20/h4,6-7H,2-3,5H2,1H3,(H3,12,13,14,15,17,18). The van der Waals surface area contributed by atoms with Gasteiger partial charge in [-0.15, -0.1) is 5.10 Å². The summed E-state index contributed by atoms with van der Waals surface area (Å²) in [5, 5.41) is 13.9. The molecule has 3 heterocycles. The van der Waals surface area contributed by atoms with Crippen molar-refractivity contribution >= 4 is 22.9 Å². The molecular formula is C11H15N9. The van der Waals surface area contributed by atoms with Crippen LogP contribution in [0.3, 0.4) is 0 Å². The highest BCUT2D eigenvalue weighted by Crippen LogP contribution is 2.18. The molecule has 0 fully saturated rings. The molecule has 20 heavy (non-hydrogen) atoms. The second kappa shape index (κ2) is 5.51. The molecule has 0 amide bonds. The molecule has 0 unspecified atom stereocenters. The molecule has 9 heteroatoms. The summed E-state index contributed by atoms with van der Waals surface area (Å²) in [5.41, 5.74) is 1.45. The molecule has 0 saturated carbocycles. The van der Waals surface area contributed by atoms with Gasteiger partial charge in [0.2, 0.25) is 5.95 Å². The Labute approximate surface area is 114 Å². The van der Waals surface area contributed by atoms with Gasteiger partial charge in [0.15, 0.2) is 11.5 Å². The lowest BCUT2D eigenvalue weighted by molar-refractivity contribution is 0.569. The maximum Gasteiger partial charge on any atom is 0.226 e. The summed E-state index contributed by atoms with van der Waals surface area (Å²) in [4.78, 5) is 15.8. The molecule has 0 aliphatic carbocycles. The minimum Gasteiger partial charge on any atom is -0.368 e. The molecule has 104 valence electrons. The highest BCUT2D eigenvalue weighted by molar-refractivity contribution is 5.83. The second-order valence-corrected chi connectivity index (χ2v) is 4.19. The van der Waals surface area contributed by atoms with Gasteiger partial charge >= 0.3 is 0 Å². The van der Waals surface area contributed by atoms with Crippen LogP contribution in [0.2, 0.25) is 0 Å². The van der Waals surface area contributed by atoms with Gasteiger partial charge in [-0.25, -0.2) is 4.98 Å². The third-order valence-electron chi connectivity index (χ3n) is 2.84. The number of aromatic nitrogens is 7. The van der Waals surface area contributed by atoms with Gasteiger partial charge in [-0.1, -0.05) is 5.21 Å². The highest BCUT2D eigenvalue weighted by Gasteiger charge is 2.08. The minimum atomic E-state index is 0.545. The first-order valence-electron chi connectivity index (χ1n) is 6.33. The van der Waals surface area contributed by atoms with Crippen LogP contribution >= 0.6 is 0 Å². The van der Waals surface area contributed by atoms with Gasteiger partial charge in [-0.05, 0) is 6.42 Å². The number of imidazole rings is 1. The number of hydrogen-bond donors (Lipinski definition) is 3. The van der Waals surface area contributed by atoms with Gasteiger partial charge in [0.05, 0.1) is 12.5 Å². The number of H-pyrrole nitrogens is 1. The van der Waals surface area contributed by atoms with E-state index in [2.05, 4.69) is 40.9 Å². The van der Waals surface area contributed by atoms with E-state index in [-0.39, 0.29) is 0 Å². The molecule has 0 aliphatic heterocycles. The minimum absolute atomic E-state index is 0.545. The van der Waals surface area contributed by atoms with Gasteiger partial charge < -0.3 is 15.6 Å². The molecule has 0 aliphatic rings. The maximum atomic E-state index is 4.39. The monoisotopic (exact) mass is 273 g/mol. The summed E-state index contributed by atoms with van der Waals surface area (Å²) in [6.45, 7) is 1.58. The molecule has 3 aromatic rings. The van der Waals surface area contributed by atoms with Crippen molar-refractivity contribution in [1.29, 1.82) is 0 Å². The maximum absolute atomic E-state index is 4.39. The molecule has 0 aromatic carbocycles. The fraction of sp³-hybridized carbons (Fsp3) is 0.364. The Balaban J connectivity index is 1.65. The van der Waals surface area contributed by atoms with Crippen LogP contribution in [-0.2, 0) is 6.54 Å². The summed E-state index contributed by atoms with van der Waals surface area (Å²) in [7, 11) is 1.78. The largest absolute Gasteiger partial charge is 0.368 e. The lowest BCUT2D eigenvalue weighted by atomic mass is 10.4. The zero-order valence-electron chi connectivity index (χ0n) is 11.0. The molecule has 9 nitrogen and oxygen atoms in total. The van der Waals surface area contributed by atoms with E-state index in [0.29, 0.717) is 11.6 Å². The van der Waals surface area contributed by atoms with Crippen LogP contribution in [0, 0.1) is 0 Å². The quantitative estimate of drug-likeness (QED) is 0.561. The summed E-state index contributed by atoms with van der Waals surface area (Å²) < 4.78 is 1.80. The van der Waals surface area contributed by atoms with E-state index in [9.17, 15) is 0 Å². The number of nitrogens with one attached hydrogen (secondary N) is 3. The number of anilines is 2. The third-order valence-corrected chi connectivity index (χ3v) is 2.84. The third kappa shape index (κ3) is 2.51. The van der Waals surface area contributed by atoms with E-state index >= 15 is 0 Å². The van der Waals surface area contributed by atoms with Crippen molar-refractivity contribution in [2.75, 3.05) is 24.2 Å². The predicted octanol–water partition coefficient (Wildman–Crippen LogP) is 0.488. The second-order valence-electron chi connectivity index (χ2n) is 4.19. The van der Waals surface area contributed by atoms with Crippen LogP contribution in [0.1, 0.15) is 6.42 Å². The van der Waals surface area contributed by atoms with E-state index in [1.54, 1.807) is 24.3 Å². The van der Waals surface area contributed by atoms with Crippen LogP contribution in [0.25, 0.3) is 11.2 Å². The first-order chi connectivity index (χ1) is 9.86. The van der Waals surface area contributed by atoms with Crippen LogP contribution in [0.5, 0.6) is 0 Å². The molecule has 3 rings (SSSR count). The molecule has 3 N–H and O–H groups in total. The topological polar surface area (TPSA) is 109 Å². The van der Waals surface area contributed by atoms with Gasteiger partial charge in [0, 0.05) is 26.3 Å². The van der Waals surface area contributed by atoms with Crippen molar-refractivity contribution in [2.45, 2.75) is 13.0 Å². The lowest BCUT2D eigenvalue weighted by Crippen LogP contribution is -2.10. The highest BCUT2D eigenvalue weighted by atomic mass is 15.4. The average molecular weight is 273 g/mol. The molecular weight excluding hydrogens is 258 g/mol. The Morgan fingerprint density at radius 2 is 2.30 bits per heavy atom. The smallest absolute Gasteiger partial charge is 0.226 e. The fourth-order valence-electron chi connectivity index (χ4n) is 1.87. The first kappa shape index (κ1) is 12.3. The van der Waals surface area contributed by atoms with Crippen molar-refractivity contribution in [3.63, 3.8) is 0 Å². The van der Waals surface area contributed by atoms with Crippen molar-refractivity contribution in [3.05, 3.63) is 18.7 Å². The zero-order chi connectivity index (χ0) is 13.8. The van der Waals surface area contributed by atoms with Gasteiger partial charge in [-0.2, -0.15) is 9.97 Å². The SMILES string of the molecule is CNc1nc(NCCCn2ccnn2)c2[nH]cnc2n1. The molecule has 3 aromatic heterocycles. The summed E-state index contributed by atoms with van der Waals surface area (Å²) in [5.74, 6) is 1.29. The average Bonchev–Trinajstić information content (AvgIpc) is 3.13. The predicted molar refractivity (Wildman–Crippen MR) is 74.4 cm³/mol. The van der Waals surface area contributed by atoms with E-state index in [0.717, 1.165) is 30.8 Å². The first-order valence-corrected chi connectivity index (χ1v) is 6.33. The Hall–Kier alpha value is -2.71. The Bertz CT molecular complexity index is 672. The fourth-order valence-corrected chi connectivity index (χ4v) is 1.87. The lowest BCUT2D eigenvalue weighted by Gasteiger charge is -2.07. The summed E-state index contributed by atoms with van der Waals surface area (Å²) in [6, 6.07) is 0. The normalized spacial score (nSPS) is 10.8.